The number of aliphatic hydroxyl groups is 2. The molecule has 1 heterocycles. The molecule has 2 aliphatic carbocycles. The molecular weight excluding hydrogens is 258 g/mol. The van der Waals surface area contributed by atoms with Crippen molar-refractivity contribution in [1.29, 1.82) is 0 Å². The molecule has 0 spiro atoms. The lowest BCUT2D eigenvalue weighted by atomic mass is 10.4. The van der Waals surface area contributed by atoms with Crippen LogP contribution in [0.2, 0.25) is 0 Å². The van der Waals surface area contributed by atoms with E-state index in [0.29, 0.717) is 36.9 Å². The van der Waals surface area contributed by atoms with Gasteiger partial charge in [0.1, 0.15) is 5.82 Å². The summed E-state index contributed by atoms with van der Waals surface area (Å²) in [4.78, 5) is 15.2. The van der Waals surface area contributed by atoms with E-state index in [1.807, 2.05) is 0 Å². The summed E-state index contributed by atoms with van der Waals surface area (Å²) >= 11 is 0. The molecule has 7 heteroatoms. The Hall–Kier alpha value is -1.47. The van der Waals surface area contributed by atoms with Crippen molar-refractivity contribution in [3.8, 4) is 0 Å². The van der Waals surface area contributed by atoms with Crippen molar-refractivity contribution < 1.29 is 10.2 Å². The fourth-order valence-electron chi connectivity index (χ4n) is 2.07. The monoisotopic (exact) mass is 279 g/mol. The van der Waals surface area contributed by atoms with Gasteiger partial charge in [-0.2, -0.15) is 15.0 Å². The van der Waals surface area contributed by atoms with Gasteiger partial charge in [0, 0.05) is 25.0 Å². The van der Waals surface area contributed by atoms with Crippen LogP contribution in [-0.4, -0.2) is 57.5 Å². The summed E-state index contributed by atoms with van der Waals surface area (Å²) in [7, 11) is 0. The molecule has 0 aliphatic heterocycles. The van der Waals surface area contributed by atoms with Crippen molar-refractivity contribution in [3.05, 3.63) is 5.82 Å². The SMILES string of the molecule is OCCN(CCO)c1nc(NC2CC2)nc(C2CC2)n1. The van der Waals surface area contributed by atoms with Gasteiger partial charge >= 0.3 is 0 Å². The van der Waals surface area contributed by atoms with Gasteiger partial charge in [0.05, 0.1) is 13.2 Å². The number of aromatic nitrogens is 3. The first kappa shape index (κ1) is 13.5. The van der Waals surface area contributed by atoms with Crippen LogP contribution >= 0.6 is 0 Å². The molecule has 20 heavy (non-hydrogen) atoms. The van der Waals surface area contributed by atoms with Gasteiger partial charge in [-0.1, -0.05) is 0 Å². The molecule has 3 N–H and O–H groups in total. The average molecular weight is 279 g/mol. The molecule has 0 saturated heterocycles. The second-order valence-corrected chi connectivity index (χ2v) is 5.44. The minimum Gasteiger partial charge on any atom is -0.395 e. The molecule has 1 aromatic rings. The van der Waals surface area contributed by atoms with E-state index in [2.05, 4.69) is 20.3 Å². The highest BCUT2D eigenvalue weighted by molar-refractivity contribution is 5.39. The molecule has 1 aromatic heterocycles. The smallest absolute Gasteiger partial charge is 0.230 e. The number of nitrogens with zero attached hydrogens (tertiary/aromatic N) is 4. The number of nitrogens with one attached hydrogen (secondary N) is 1. The van der Waals surface area contributed by atoms with Crippen LogP contribution in [0.15, 0.2) is 0 Å². The quantitative estimate of drug-likeness (QED) is 0.622. The normalized spacial score (nSPS) is 18.1. The van der Waals surface area contributed by atoms with E-state index in [1.165, 1.54) is 0 Å². The first-order chi connectivity index (χ1) is 9.80. The predicted molar refractivity (Wildman–Crippen MR) is 74.8 cm³/mol. The van der Waals surface area contributed by atoms with Crippen LogP contribution in [0.25, 0.3) is 0 Å². The number of rotatable bonds is 8. The zero-order valence-electron chi connectivity index (χ0n) is 11.5. The van der Waals surface area contributed by atoms with Crippen LogP contribution in [0.4, 0.5) is 11.9 Å². The Morgan fingerprint density at radius 2 is 1.70 bits per heavy atom. The minimum absolute atomic E-state index is 0.00975. The fraction of sp³-hybridized carbons (Fsp3) is 0.769. The lowest BCUT2D eigenvalue weighted by molar-refractivity contribution is 0.280. The van der Waals surface area contributed by atoms with E-state index in [1.54, 1.807) is 4.90 Å². The summed E-state index contributed by atoms with van der Waals surface area (Å²) in [5.74, 6) is 2.45. The van der Waals surface area contributed by atoms with Crippen molar-refractivity contribution in [1.82, 2.24) is 15.0 Å². The number of hydrogen-bond donors (Lipinski definition) is 3. The van der Waals surface area contributed by atoms with Gasteiger partial charge in [-0.3, -0.25) is 0 Å². The molecule has 0 unspecified atom stereocenters. The lowest BCUT2D eigenvalue weighted by Gasteiger charge is -2.21. The molecule has 0 aromatic carbocycles. The third-order valence-corrected chi connectivity index (χ3v) is 3.52. The molecule has 0 atom stereocenters. The number of aliphatic hydroxyl groups excluding tert-OH is 2. The molecule has 2 aliphatic rings. The van der Waals surface area contributed by atoms with Crippen molar-refractivity contribution in [2.45, 2.75) is 37.6 Å². The summed E-state index contributed by atoms with van der Waals surface area (Å²) < 4.78 is 0. The maximum Gasteiger partial charge on any atom is 0.230 e. The van der Waals surface area contributed by atoms with E-state index in [0.717, 1.165) is 31.5 Å². The zero-order valence-corrected chi connectivity index (χ0v) is 11.5. The second kappa shape index (κ2) is 5.88. The Bertz CT molecular complexity index is 456. The van der Waals surface area contributed by atoms with E-state index in [9.17, 15) is 0 Å². The van der Waals surface area contributed by atoms with Crippen LogP contribution in [0.1, 0.15) is 37.4 Å². The zero-order chi connectivity index (χ0) is 13.9. The number of anilines is 2. The van der Waals surface area contributed by atoms with E-state index >= 15 is 0 Å². The Morgan fingerprint density at radius 3 is 2.25 bits per heavy atom. The van der Waals surface area contributed by atoms with Crippen molar-refractivity contribution >= 4 is 11.9 Å². The van der Waals surface area contributed by atoms with Gasteiger partial charge < -0.3 is 20.4 Å². The van der Waals surface area contributed by atoms with Crippen molar-refractivity contribution in [3.63, 3.8) is 0 Å². The maximum absolute atomic E-state index is 9.13. The summed E-state index contributed by atoms with van der Waals surface area (Å²) in [6.07, 6.45) is 4.59. The Balaban J connectivity index is 1.83. The molecule has 2 fully saturated rings. The summed E-state index contributed by atoms with van der Waals surface area (Å²) in [6, 6.07) is 0.487. The molecule has 0 bridgehead atoms. The number of hydrogen-bond acceptors (Lipinski definition) is 7. The first-order valence-electron chi connectivity index (χ1n) is 7.29. The van der Waals surface area contributed by atoms with E-state index < -0.39 is 0 Å². The average Bonchev–Trinajstić information content (AvgIpc) is 3.31. The van der Waals surface area contributed by atoms with Gasteiger partial charge in [-0.25, -0.2) is 0 Å². The lowest BCUT2D eigenvalue weighted by Crippen LogP contribution is -2.32. The van der Waals surface area contributed by atoms with Crippen LogP contribution in [0.5, 0.6) is 0 Å². The van der Waals surface area contributed by atoms with E-state index in [4.69, 9.17) is 10.2 Å². The molecule has 3 rings (SSSR count). The Morgan fingerprint density at radius 1 is 1.00 bits per heavy atom. The third-order valence-electron chi connectivity index (χ3n) is 3.52. The molecule has 0 amide bonds. The second-order valence-electron chi connectivity index (χ2n) is 5.44. The van der Waals surface area contributed by atoms with Gasteiger partial charge in [-0.05, 0) is 25.7 Å². The summed E-state index contributed by atoms with van der Waals surface area (Å²) in [5, 5.41) is 21.6. The standard InChI is InChI=1S/C13H21N5O2/c19-7-5-18(6-8-20)13-16-11(9-1-2-9)15-12(17-13)14-10-3-4-10/h9-10,19-20H,1-8H2,(H,14,15,16,17). The highest BCUT2D eigenvalue weighted by atomic mass is 16.3. The molecular formula is C13H21N5O2. The summed E-state index contributed by atoms with van der Waals surface area (Å²) in [6.45, 7) is 0.848. The van der Waals surface area contributed by atoms with Crippen LogP contribution < -0.4 is 10.2 Å². The van der Waals surface area contributed by atoms with Gasteiger partial charge in [-0.15, -0.1) is 0 Å². The van der Waals surface area contributed by atoms with Gasteiger partial charge in [0.15, 0.2) is 0 Å². The largest absolute Gasteiger partial charge is 0.395 e. The molecule has 7 nitrogen and oxygen atoms in total. The minimum atomic E-state index is 0.00975. The first-order valence-corrected chi connectivity index (χ1v) is 7.29. The van der Waals surface area contributed by atoms with Gasteiger partial charge in [0.2, 0.25) is 11.9 Å². The third kappa shape index (κ3) is 3.34. The Labute approximate surface area is 118 Å². The Kier molecular flexibility index (Phi) is 3.98. The predicted octanol–water partition coefficient (Wildman–Crippen LogP) is 0.114. The van der Waals surface area contributed by atoms with Crippen molar-refractivity contribution in [2.75, 3.05) is 36.5 Å². The maximum atomic E-state index is 9.13. The molecule has 2 saturated carbocycles. The topological polar surface area (TPSA) is 94.4 Å². The summed E-state index contributed by atoms with van der Waals surface area (Å²) in [5.41, 5.74) is 0. The fourth-order valence-corrected chi connectivity index (χ4v) is 2.07. The van der Waals surface area contributed by atoms with Crippen LogP contribution in [-0.2, 0) is 0 Å². The van der Waals surface area contributed by atoms with Crippen molar-refractivity contribution in [2.24, 2.45) is 0 Å². The van der Waals surface area contributed by atoms with E-state index in [-0.39, 0.29) is 13.2 Å². The van der Waals surface area contributed by atoms with Crippen LogP contribution in [0.3, 0.4) is 0 Å². The molecule has 110 valence electrons. The van der Waals surface area contributed by atoms with Gasteiger partial charge in [0.25, 0.3) is 0 Å². The highest BCUT2D eigenvalue weighted by Crippen LogP contribution is 2.39. The highest BCUT2D eigenvalue weighted by Gasteiger charge is 2.29. The van der Waals surface area contributed by atoms with Crippen LogP contribution in [0, 0.1) is 0 Å². The molecule has 0 radical (unpaired) electrons.